The number of methoxy groups -OCH3 is 1. The number of phenolic OH excluding ortho intramolecular Hbond substituents is 1. The lowest BCUT2D eigenvalue weighted by Crippen LogP contribution is -2.07. The molecule has 0 fully saturated rings. The summed E-state index contributed by atoms with van der Waals surface area (Å²) in [5.74, 6) is -1.35. The molecule has 0 spiro atoms. The fourth-order valence-electron chi connectivity index (χ4n) is 6.16. The molecule has 7 aromatic carbocycles. The smallest absolute Gasteiger partial charge is 0.298 e. The molecule has 220 valence electrons. The Labute approximate surface area is 259 Å². The molecule has 2 N–H and O–H groups in total. The van der Waals surface area contributed by atoms with Crippen molar-refractivity contribution in [3.8, 4) is 33.8 Å². The number of rotatable bonds is 6. The Kier molecular flexibility index (Phi) is 6.85. The molecule has 7 rings (SSSR count). The van der Waals surface area contributed by atoms with Gasteiger partial charge in [-0.25, -0.2) is 0 Å². The lowest BCUT2D eigenvalue weighted by molar-refractivity contribution is 0.103. The summed E-state index contributed by atoms with van der Waals surface area (Å²) in [7, 11) is -3.53. The quantitative estimate of drug-likeness (QED) is 0.111. The van der Waals surface area contributed by atoms with Crippen LogP contribution in [0.4, 0.5) is 0 Å². The van der Waals surface area contributed by atoms with Crippen LogP contribution in [0.2, 0.25) is 0 Å². The second-order valence-electron chi connectivity index (χ2n) is 10.8. The topological polar surface area (TPSA) is 101 Å². The van der Waals surface area contributed by atoms with Crippen LogP contribution in [0.5, 0.6) is 11.5 Å². The van der Waals surface area contributed by atoms with Crippen LogP contribution in [0.3, 0.4) is 0 Å². The van der Waals surface area contributed by atoms with Gasteiger partial charge in [0.2, 0.25) is 0 Å². The van der Waals surface area contributed by atoms with Gasteiger partial charge in [-0.15, -0.1) is 0 Å². The second kappa shape index (κ2) is 10.9. The lowest BCUT2D eigenvalue weighted by atomic mass is 9.85. The number of aromatic hydroxyl groups is 1. The van der Waals surface area contributed by atoms with Gasteiger partial charge in [0, 0.05) is 11.6 Å². The average molecular weight is 611 g/mol. The van der Waals surface area contributed by atoms with E-state index in [-0.39, 0.29) is 16.9 Å². The van der Waals surface area contributed by atoms with Crippen LogP contribution >= 0.6 is 0 Å². The first kappa shape index (κ1) is 28.3. The van der Waals surface area contributed by atoms with Gasteiger partial charge in [-0.05, 0) is 72.8 Å². The molecule has 0 aliphatic rings. The van der Waals surface area contributed by atoms with E-state index in [0.717, 1.165) is 61.3 Å². The number of phenols is 1. The highest BCUT2D eigenvalue weighted by atomic mass is 32.2. The Hall–Kier alpha value is -5.50. The van der Waals surface area contributed by atoms with Crippen molar-refractivity contribution >= 4 is 48.2 Å². The van der Waals surface area contributed by atoms with E-state index >= 15 is 0 Å². The van der Waals surface area contributed by atoms with Gasteiger partial charge in [0.05, 0.1) is 12.7 Å². The van der Waals surface area contributed by atoms with Crippen molar-refractivity contribution in [2.45, 2.75) is 4.90 Å². The summed E-state index contributed by atoms with van der Waals surface area (Å²) in [6, 6.07) is 40.1. The maximum atomic E-state index is 13.7. The zero-order valence-electron chi connectivity index (χ0n) is 24.1. The van der Waals surface area contributed by atoms with E-state index in [0.29, 0.717) is 0 Å². The van der Waals surface area contributed by atoms with Gasteiger partial charge >= 0.3 is 0 Å². The van der Waals surface area contributed by atoms with E-state index < -0.39 is 26.5 Å². The highest BCUT2D eigenvalue weighted by Gasteiger charge is 2.24. The SMILES string of the molecule is COc1cc(O)c(C(=O)c2cccc(-c3c4ccccc4c(-c4ccc5ccccc5c4)c4ccccc34)c2)cc1S(=O)(=O)O. The summed E-state index contributed by atoms with van der Waals surface area (Å²) >= 11 is 0. The van der Waals surface area contributed by atoms with Gasteiger partial charge in [0.15, 0.2) is 5.78 Å². The molecule has 0 atom stereocenters. The Morgan fingerprint density at radius 3 is 1.76 bits per heavy atom. The molecule has 0 amide bonds. The minimum Gasteiger partial charge on any atom is -0.507 e. The molecule has 0 bridgehead atoms. The number of ether oxygens (including phenoxy) is 1. The minimum atomic E-state index is -4.73. The molecule has 45 heavy (non-hydrogen) atoms. The minimum absolute atomic E-state index is 0.237. The van der Waals surface area contributed by atoms with Gasteiger partial charge in [0.1, 0.15) is 16.4 Å². The van der Waals surface area contributed by atoms with Crippen LogP contribution in [0.1, 0.15) is 15.9 Å². The lowest BCUT2D eigenvalue weighted by Gasteiger charge is -2.18. The first-order chi connectivity index (χ1) is 21.7. The van der Waals surface area contributed by atoms with Gasteiger partial charge in [-0.3, -0.25) is 9.35 Å². The predicted octanol–water partition coefficient (Wildman–Crippen LogP) is 8.67. The monoisotopic (exact) mass is 610 g/mol. The predicted molar refractivity (Wildman–Crippen MR) is 178 cm³/mol. The van der Waals surface area contributed by atoms with Crippen molar-refractivity contribution in [2.24, 2.45) is 0 Å². The van der Waals surface area contributed by atoms with Gasteiger partial charge in [-0.2, -0.15) is 8.42 Å². The van der Waals surface area contributed by atoms with Crippen LogP contribution in [0.25, 0.3) is 54.6 Å². The highest BCUT2D eigenvalue weighted by molar-refractivity contribution is 7.86. The number of fused-ring (bicyclic) bond motifs is 3. The first-order valence-corrected chi connectivity index (χ1v) is 15.6. The third-order valence-corrected chi connectivity index (χ3v) is 9.06. The number of hydrogen-bond donors (Lipinski definition) is 2. The maximum absolute atomic E-state index is 13.7. The molecule has 0 saturated heterocycles. The molecule has 0 aromatic heterocycles. The first-order valence-electron chi connectivity index (χ1n) is 14.2. The van der Waals surface area contributed by atoms with Crippen LogP contribution in [0, 0.1) is 0 Å². The number of benzene rings is 7. The molecule has 0 aliphatic heterocycles. The summed E-state index contributed by atoms with van der Waals surface area (Å²) in [5, 5.41) is 17.1. The van der Waals surface area contributed by atoms with Gasteiger partial charge in [0.25, 0.3) is 10.1 Å². The number of carbonyl (C=O) groups excluding carboxylic acids is 1. The van der Waals surface area contributed by atoms with Crippen molar-refractivity contribution in [1.82, 2.24) is 0 Å². The number of hydrogen-bond acceptors (Lipinski definition) is 5. The van der Waals surface area contributed by atoms with Crippen LogP contribution in [0.15, 0.2) is 132 Å². The molecule has 0 radical (unpaired) electrons. The zero-order valence-corrected chi connectivity index (χ0v) is 24.9. The van der Waals surface area contributed by atoms with E-state index in [1.54, 1.807) is 18.2 Å². The molecule has 0 saturated carbocycles. The Morgan fingerprint density at radius 2 is 1.18 bits per heavy atom. The summed E-state index contributed by atoms with van der Waals surface area (Å²) in [4.78, 5) is 13.1. The van der Waals surface area contributed by atoms with E-state index in [2.05, 4.69) is 54.6 Å². The standard InChI is InChI=1S/C38H26O6S/c1-44-34-22-33(39)32(21-35(34)45(41,42)43)38(40)27-12-8-11-25(20-27)36-28-13-4-6-15-30(28)37(31-16-7-5-14-29(31)36)26-18-17-23-9-2-3-10-24(23)19-26/h2-22,39H,1H3,(H,41,42,43). The number of carbonyl (C=O) groups is 1. The van der Waals surface area contributed by atoms with Crippen molar-refractivity contribution in [3.63, 3.8) is 0 Å². The fraction of sp³-hybridized carbons (Fsp3) is 0.0263. The second-order valence-corrected chi connectivity index (χ2v) is 12.2. The molecule has 6 nitrogen and oxygen atoms in total. The van der Waals surface area contributed by atoms with Crippen LogP contribution in [-0.4, -0.2) is 31.0 Å². The molecule has 0 aliphatic carbocycles. The summed E-state index contributed by atoms with van der Waals surface area (Å²) in [6.45, 7) is 0. The largest absolute Gasteiger partial charge is 0.507 e. The maximum Gasteiger partial charge on any atom is 0.298 e. The summed E-state index contributed by atoms with van der Waals surface area (Å²) in [5.41, 5.74) is 3.90. The highest BCUT2D eigenvalue weighted by Crippen LogP contribution is 2.44. The third kappa shape index (κ3) is 4.88. The van der Waals surface area contributed by atoms with E-state index in [4.69, 9.17) is 4.74 Å². The summed E-state index contributed by atoms with van der Waals surface area (Å²) in [6.07, 6.45) is 0. The van der Waals surface area contributed by atoms with Crippen molar-refractivity contribution in [1.29, 1.82) is 0 Å². The average Bonchev–Trinajstić information content (AvgIpc) is 3.06. The van der Waals surface area contributed by atoms with Gasteiger partial charge in [-0.1, -0.05) is 103 Å². The molecular formula is C38H26O6S. The third-order valence-electron chi connectivity index (χ3n) is 8.19. The Bertz CT molecular complexity index is 2370. The zero-order chi connectivity index (χ0) is 31.3. The van der Waals surface area contributed by atoms with Crippen LogP contribution < -0.4 is 4.74 Å². The van der Waals surface area contributed by atoms with Crippen molar-refractivity contribution in [3.05, 3.63) is 139 Å². The molecule has 0 unspecified atom stereocenters. The fourth-order valence-corrected chi connectivity index (χ4v) is 6.82. The molecule has 7 heteroatoms. The van der Waals surface area contributed by atoms with E-state index in [1.807, 2.05) is 42.5 Å². The molecular weight excluding hydrogens is 584 g/mol. The van der Waals surface area contributed by atoms with E-state index in [9.17, 15) is 22.9 Å². The van der Waals surface area contributed by atoms with Crippen molar-refractivity contribution < 1.29 is 27.6 Å². The molecule has 7 aromatic rings. The van der Waals surface area contributed by atoms with E-state index in [1.165, 1.54) is 12.5 Å². The summed E-state index contributed by atoms with van der Waals surface area (Å²) < 4.78 is 38.7. The van der Waals surface area contributed by atoms with Crippen LogP contribution in [-0.2, 0) is 10.1 Å². The van der Waals surface area contributed by atoms with Gasteiger partial charge < -0.3 is 9.84 Å². The number of ketones is 1. The normalized spacial score (nSPS) is 11.7. The Balaban J connectivity index is 1.44. The van der Waals surface area contributed by atoms with Crippen molar-refractivity contribution in [2.75, 3.05) is 7.11 Å². The molecule has 0 heterocycles. The Morgan fingerprint density at radius 1 is 0.622 bits per heavy atom.